The summed E-state index contributed by atoms with van der Waals surface area (Å²) >= 11 is 0. The molecule has 0 radical (unpaired) electrons. The molecule has 1 N–H and O–H groups in total. The maximum atomic E-state index is 13.8. The predicted molar refractivity (Wildman–Crippen MR) is 111 cm³/mol. The molecule has 2 aromatic carbocycles. The van der Waals surface area contributed by atoms with Crippen molar-refractivity contribution in [2.45, 2.75) is 6.42 Å². The number of benzene rings is 2. The van der Waals surface area contributed by atoms with Crippen molar-refractivity contribution in [3.8, 4) is 11.5 Å². The quantitative estimate of drug-likeness (QED) is 0.528. The summed E-state index contributed by atoms with van der Waals surface area (Å²) in [4.78, 5) is 30.1. The number of likely N-dealkylation sites (N-methyl/N-ethyl adjacent to an activating group) is 1. The molecular weight excluding hydrogens is 403 g/mol. The van der Waals surface area contributed by atoms with Gasteiger partial charge in [-0.05, 0) is 36.4 Å². The Kier molecular flexibility index (Phi) is 7.45. The summed E-state index contributed by atoms with van der Waals surface area (Å²) in [5.74, 6) is -0.440. The van der Waals surface area contributed by atoms with Gasteiger partial charge in [0.15, 0.2) is 5.82 Å². The van der Waals surface area contributed by atoms with Gasteiger partial charge >= 0.3 is 0 Å². The number of ether oxygens (including phenoxy) is 1. The Morgan fingerprint density at radius 1 is 1.16 bits per heavy atom. The first-order valence-electron chi connectivity index (χ1n) is 9.69. The molecule has 0 saturated carbocycles. The van der Waals surface area contributed by atoms with E-state index in [9.17, 15) is 14.0 Å². The zero-order chi connectivity index (χ0) is 22.2. The molecule has 0 bridgehead atoms. The lowest BCUT2D eigenvalue weighted by atomic mass is 10.1. The number of carbonyl (C=O) groups is 2. The van der Waals surface area contributed by atoms with Crippen molar-refractivity contribution in [1.82, 2.24) is 20.4 Å². The van der Waals surface area contributed by atoms with Gasteiger partial charge in [-0.1, -0.05) is 17.3 Å². The minimum absolute atomic E-state index is 0.0187. The highest BCUT2D eigenvalue weighted by Crippen LogP contribution is 2.18. The third kappa shape index (κ3) is 5.73. The molecule has 0 saturated heterocycles. The molecule has 9 heteroatoms. The molecule has 3 aromatic rings. The van der Waals surface area contributed by atoms with Crippen LogP contribution >= 0.6 is 0 Å². The minimum Gasteiger partial charge on any atom is -0.383 e. The summed E-state index contributed by atoms with van der Waals surface area (Å²) in [6, 6.07) is 12.6. The number of hydrogen-bond acceptors (Lipinski definition) is 6. The van der Waals surface area contributed by atoms with E-state index in [1.54, 1.807) is 44.5 Å². The number of carbonyl (C=O) groups excluding carboxylic acids is 2. The fraction of sp³-hybridized carbons (Fsp3) is 0.273. The van der Waals surface area contributed by atoms with E-state index in [1.807, 2.05) is 0 Å². The van der Waals surface area contributed by atoms with Crippen LogP contribution in [0.15, 0.2) is 53.1 Å². The average molecular weight is 426 g/mol. The first-order valence-corrected chi connectivity index (χ1v) is 9.69. The average Bonchev–Trinajstić information content (AvgIpc) is 3.26. The molecule has 0 unspecified atom stereocenters. The van der Waals surface area contributed by atoms with E-state index < -0.39 is 11.7 Å². The van der Waals surface area contributed by atoms with Gasteiger partial charge in [0.25, 0.3) is 17.7 Å². The highest BCUT2D eigenvalue weighted by molar-refractivity contribution is 5.95. The number of amides is 2. The Labute approximate surface area is 179 Å². The largest absolute Gasteiger partial charge is 0.383 e. The van der Waals surface area contributed by atoms with Crippen molar-refractivity contribution in [3.63, 3.8) is 0 Å². The van der Waals surface area contributed by atoms with E-state index in [1.165, 1.54) is 23.1 Å². The monoisotopic (exact) mass is 426 g/mol. The van der Waals surface area contributed by atoms with Gasteiger partial charge in [-0.15, -0.1) is 0 Å². The molecule has 0 aliphatic carbocycles. The Morgan fingerprint density at radius 2 is 1.90 bits per heavy atom. The van der Waals surface area contributed by atoms with Crippen LogP contribution in [0.2, 0.25) is 0 Å². The Balaban J connectivity index is 1.57. The lowest BCUT2D eigenvalue weighted by Gasteiger charge is -2.16. The topological polar surface area (TPSA) is 97.6 Å². The van der Waals surface area contributed by atoms with E-state index in [0.717, 1.165) is 0 Å². The number of methoxy groups -OCH3 is 1. The summed E-state index contributed by atoms with van der Waals surface area (Å²) in [5.41, 5.74) is 1.20. The molecule has 0 aliphatic rings. The van der Waals surface area contributed by atoms with Crippen LogP contribution in [0.1, 0.15) is 26.5 Å². The smallest absolute Gasteiger partial charge is 0.257 e. The zero-order valence-electron chi connectivity index (χ0n) is 17.3. The third-order valence-electron chi connectivity index (χ3n) is 4.58. The fourth-order valence-corrected chi connectivity index (χ4v) is 2.82. The van der Waals surface area contributed by atoms with Crippen LogP contribution in [0.25, 0.3) is 11.5 Å². The van der Waals surface area contributed by atoms with Crippen LogP contribution in [0.5, 0.6) is 0 Å². The van der Waals surface area contributed by atoms with Gasteiger partial charge in [-0.2, -0.15) is 4.98 Å². The standard InChI is InChI=1S/C22H23FN4O4/c1-27(22(29)17-5-3-4-6-18(17)23)13-11-19-25-21(31-26-19)16-9-7-15(8-10-16)20(28)24-12-14-30-2/h3-10H,11-14H2,1-2H3,(H,24,28). The summed E-state index contributed by atoms with van der Waals surface area (Å²) in [5, 5.41) is 6.67. The predicted octanol–water partition coefficient (Wildman–Crippen LogP) is 2.57. The molecule has 31 heavy (non-hydrogen) atoms. The lowest BCUT2D eigenvalue weighted by Crippen LogP contribution is -2.29. The number of hydrogen-bond donors (Lipinski definition) is 1. The van der Waals surface area contributed by atoms with E-state index >= 15 is 0 Å². The summed E-state index contributed by atoms with van der Waals surface area (Å²) in [6.07, 6.45) is 0.347. The minimum atomic E-state index is -0.558. The second-order valence-electron chi connectivity index (χ2n) is 6.80. The normalized spacial score (nSPS) is 10.7. The molecule has 1 heterocycles. The van der Waals surface area contributed by atoms with Crippen molar-refractivity contribution in [1.29, 1.82) is 0 Å². The van der Waals surface area contributed by atoms with Gasteiger partial charge < -0.3 is 19.5 Å². The molecule has 162 valence electrons. The number of nitrogens with zero attached hydrogens (tertiary/aromatic N) is 3. The first kappa shape index (κ1) is 22.1. The van der Waals surface area contributed by atoms with E-state index in [0.29, 0.717) is 49.0 Å². The Bertz CT molecular complexity index is 1040. The molecule has 3 rings (SSSR count). The van der Waals surface area contributed by atoms with Gasteiger partial charge in [-0.25, -0.2) is 4.39 Å². The summed E-state index contributed by atoms with van der Waals surface area (Å²) in [6.45, 7) is 1.17. The van der Waals surface area contributed by atoms with Crippen LogP contribution < -0.4 is 5.32 Å². The van der Waals surface area contributed by atoms with Crippen LogP contribution in [0, 0.1) is 5.82 Å². The molecule has 2 amide bonds. The fourth-order valence-electron chi connectivity index (χ4n) is 2.82. The van der Waals surface area contributed by atoms with E-state index in [2.05, 4.69) is 15.5 Å². The third-order valence-corrected chi connectivity index (χ3v) is 4.58. The lowest BCUT2D eigenvalue weighted by molar-refractivity contribution is 0.0790. The molecule has 0 fully saturated rings. The summed E-state index contributed by atoms with van der Waals surface area (Å²) in [7, 11) is 3.16. The highest BCUT2D eigenvalue weighted by atomic mass is 19.1. The first-order chi connectivity index (χ1) is 15.0. The van der Waals surface area contributed by atoms with Crippen LogP contribution in [0.4, 0.5) is 4.39 Å². The van der Waals surface area contributed by atoms with Crippen molar-refractivity contribution >= 4 is 11.8 Å². The maximum Gasteiger partial charge on any atom is 0.257 e. The van der Waals surface area contributed by atoms with Crippen molar-refractivity contribution in [3.05, 3.63) is 71.3 Å². The highest BCUT2D eigenvalue weighted by Gasteiger charge is 2.17. The summed E-state index contributed by atoms with van der Waals surface area (Å²) < 4.78 is 24.0. The van der Waals surface area contributed by atoms with Gasteiger partial charge in [0, 0.05) is 44.8 Å². The molecular formula is C22H23FN4O4. The van der Waals surface area contributed by atoms with Crippen molar-refractivity contribution in [2.75, 3.05) is 33.9 Å². The molecule has 8 nitrogen and oxygen atoms in total. The Hall–Kier alpha value is -3.59. The number of aromatic nitrogens is 2. The molecule has 0 atom stereocenters. The van der Waals surface area contributed by atoms with Gasteiger partial charge in [0.05, 0.1) is 12.2 Å². The van der Waals surface area contributed by atoms with Crippen LogP contribution in [-0.4, -0.2) is 60.7 Å². The van der Waals surface area contributed by atoms with Crippen LogP contribution in [0.3, 0.4) is 0 Å². The SMILES string of the molecule is COCCNC(=O)c1ccc(-c2nc(CCN(C)C(=O)c3ccccc3F)no2)cc1. The molecule has 0 spiro atoms. The second kappa shape index (κ2) is 10.4. The number of rotatable bonds is 9. The van der Waals surface area contributed by atoms with Crippen molar-refractivity contribution in [2.24, 2.45) is 0 Å². The number of halogens is 1. The van der Waals surface area contributed by atoms with Gasteiger partial charge in [0.2, 0.25) is 0 Å². The van der Waals surface area contributed by atoms with Crippen molar-refractivity contribution < 1.29 is 23.2 Å². The van der Waals surface area contributed by atoms with E-state index in [4.69, 9.17) is 9.26 Å². The number of nitrogens with one attached hydrogen (secondary N) is 1. The van der Waals surface area contributed by atoms with E-state index in [-0.39, 0.29) is 11.5 Å². The molecule has 1 aromatic heterocycles. The van der Waals surface area contributed by atoms with Crippen LogP contribution in [-0.2, 0) is 11.2 Å². The maximum absolute atomic E-state index is 13.8. The second-order valence-corrected chi connectivity index (χ2v) is 6.80. The Morgan fingerprint density at radius 3 is 2.61 bits per heavy atom. The zero-order valence-corrected chi connectivity index (χ0v) is 17.3. The van der Waals surface area contributed by atoms with Gasteiger partial charge in [-0.3, -0.25) is 9.59 Å². The molecule has 0 aliphatic heterocycles. The van der Waals surface area contributed by atoms with Gasteiger partial charge in [0.1, 0.15) is 5.82 Å².